The topological polar surface area (TPSA) is 76.6 Å². The van der Waals surface area contributed by atoms with Crippen LogP contribution in [-0.2, 0) is 0 Å². The van der Waals surface area contributed by atoms with Gasteiger partial charge in [-0.3, -0.25) is 0 Å². The minimum Gasteiger partial charge on any atom is -0.340 e. The Morgan fingerprint density at radius 3 is 2.65 bits per heavy atom. The molecule has 5 nitrogen and oxygen atoms in total. The molecule has 0 aliphatic carbocycles. The van der Waals surface area contributed by atoms with E-state index in [2.05, 4.69) is 16.0 Å². The summed E-state index contributed by atoms with van der Waals surface area (Å²) in [5.74, 6) is 0.427. The van der Waals surface area contributed by atoms with Crippen LogP contribution in [0.5, 0.6) is 0 Å². The first-order valence-electron chi connectivity index (χ1n) is 5.51. The average Bonchev–Trinajstić information content (AvgIpc) is 2.34. The Morgan fingerprint density at radius 2 is 2.12 bits per heavy atom. The van der Waals surface area contributed by atoms with Gasteiger partial charge >= 0.3 is 0 Å². The van der Waals surface area contributed by atoms with Crippen LogP contribution in [0.25, 0.3) is 0 Å². The van der Waals surface area contributed by atoms with Crippen LogP contribution in [0.15, 0.2) is 6.07 Å². The zero-order valence-corrected chi connectivity index (χ0v) is 10.3. The number of nitrogens with zero attached hydrogens (tertiary/aromatic N) is 5. The van der Waals surface area contributed by atoms with Crippen molar-refractivity contribution in [2.24, 2.45) is 5.92 Å². The van der Waals surface area contributed by atoms with Gasteiger partial charge in [0.05, 0.1) is 12.0 Å². The van der Waals surface area contributed by atoms with Crippen LogP contribution in [0, 0.1) is 35.5 Å². The van der Waals surface area contributed by atoms with Crippen molar-refractivity contribution < 1.29 is 0 Å². The number of nitriles is 2. The van der Waals surface area contributed by atoms with Gasteiger partial charge in [0, 0.05) is 18.8 Å². The van der Waals surface area contributed by atoms with Crippen LogP contribution in [0.4, 0.5) is 5.95 Å². The van der Waals surface area contributed by atoms with E-state index in [1.807, 2.05) is 31.7 Å². The summed E-state index contributed by atoms with van der Waals surface area (Å²) in [5.41, 5.74) is 1.12. The van der Waals surface area contributed by atoms with Gasteiger partial charge in [0.1, 0.15) is 11.8 Å². The first kappa shape index (κ1) is 12.9. The maximum atomic E-state index is 8.86. The van der Waals surface area contributed by atoms with Crippen molar-refractivity contribution in [1.82, 2.24) is 9.97 Å². The van der Waals surface area contributed by atoms with Crippen LogP contribution in [0.2, 0.25) is 0 Å². The molecular formula is C12H15N5. The lowest BCUT2D eigenvalue weighted by atomic mass is 10.2. The molecule has 5 heteroatoms. The summed E-state index contributed by atoms with van der Waals surface area (Å²) < 4.78 is 0. The zero-order valence-electron chi connectivity index (χ0n) is 10.3. The second-order valence-electron chi connectivity index (χ2n) is 3.88. The molecule has 0 spiro atoms. The van der Waals surface area contributed by atoms with Crippen molar-refractivity contribution in [1.29, 1.82) is 10.5 Å². The monoisotopic (exact) mass is 229 g/mol. The molecule has 0 amide bonds. The second kappa shape index (κ2) is 5.81. The minimum absolute atomic E-state index is 0.0930. The molecule has 0 bridgehead atoms. The lowest BCUT2D eigenvalue weighted by Crippen LogP contribution is -2.29. The fraction of sp³-hybridized carbons (Fsp3) is 0.500. The Hall–Kier alpha value is -2.14. The summed E-state index contributed by atoms with van der Waals surface area (Å²) in [6.45, 7) is 6.93. The van der Waals surface area contributed by atoms with Crippen molar-refractivity contribution in [3.63, 3.8) is 0 Å². The number of hydrogen-bond acceptors (Lipinski definition) is 5. The average molecular weight is 229 g/mol. The van der Waals surface area contributed by atoms with E-state index in [1.54, 1.807) is 6.07 Å². The third-order valence-electron chi connectivity index (χ3n) is 2.34. The van der Waals surface area contributed by atoms with E-state index < -0.39 is 0 Å². The van der Waals surface area contributed by atoms with Crippen molar-refractivity contribution in [2.45, 2.75) is 20.8 Å². The largest absolute Gasteiger partial charge is 0.340 e. The van der Waals surface area contributed by atoms with Gasteiger partial charge in [0.2, 0.25) is 5.95 Å². The van der Waals surface area contributed by atoms with Gasteiger partial charge in [0.15, 0.2) is 0 Å². The molecule has 88 valence electrons. The molecule has 0 aliphatic rings. The van der Waals surface area contributed by atoms with Crippen LogP contribution in [0.1, 0.15) is 25.2 Å². The quantitative estimate of drug-likeness (QED) is 0.784. The third kappa shape index (κ3) is 3.42. The molecule has 0 N–H and O–H groups in total. The van der Waals surface area contributed by atoms with Gasteiger partial charge in [-0.05, 0) is 26.8 Å². The number of hydrogen-bond donors (Lipinski definition) is 0. The molecule has 0 aliphatic heterocycles. The first-order valence-corrected chi connectivity index (χ1v) is 5.51. The molecule has 1 atom stereocenters. The summed E-state index contributed by atoms with van der Waals surface area (Å²) in [6, 6.07) is 5.84. The fourth-order valence-corrected chi connectivity index (χ4v) is 1.48. The molecule has 1 unspecified atom stereocenters. The number of aryl methyl sites for hydroxylation is 1. The molecule has 1 aromatic heterocycles. The smallest absolute Gasteiger partial charge is 0.226 e. The van der Waals surface area contributed by atoms with E-state index in [1.165, 1.54) is 0 Å². The van der Waals surface area contributed by atoms with Crippen LogP contribution in [0.3, 0.4) is 0 Å². The van der Waals surface area contributed by atoms with Crippen LogP contribution in [-0.4, -0.2) is 23.1 Å². The molecule has 17 heavy (non-hydrogen) atoms. The Labute approximate surface area is 101 Å². The Balaban J connectivity index is 3.00. The van der Waals surface area contributed by atoms with Gasteiger partial charge in [-0.25, -0.2) is 9.97 Å². The lowest BCUT2D eigenvalue weighted by molar-refractivity contribution is 0.669. The van der Waals surface area contributed by atoms with E-state index in [9.17, 15) is 0 Å². The Kier molecular flexibility index (Phi) is 4.42. The van der Waals surface area contributed by atoms with E-state index in [4.69, 9.17) is 10.5 Å². The van der Waals surface area contributed by atoms with Crippen molar-refractivity contribution >= 4 is 5.95 Å². The molecule has 0 aromatic carbocycles. The summed E-state index contributed by atoms with van der Waals surface area (Å²) in [6.07, 6.45) is 0. The Bertz CT molecular complexity index is 469. The maximum Gasteiger partial charge on any atom is 0.226 e. The molecular weight excluding hydrogens is 214 g/mol. The highest BCUT2D eigenvalue weighted by Gasteiger charge is 2.12. The highest BCUT2D eigenvalue weighted by atomic mass is 15.2. The lowest BCUT2D eigenvalue weighted by Gasteiger charge is -2.22. The molecule has 0 saturated carbocycles. The van der Waals surface area contributed by atoms with Crippen LogP contribution < -0.4 is 4.90 Å². The van der Waals surface area contributed by atoms with Gasteiger partial charge in [-0.15, -0.1) is 0 Å². The molecule has 0 fully saturated rings. The van der Waals surface area contributed by atoms with Gasteiger partial charge in [0.25, 0.3) is 0 Å². The molecule has 0 radical (unpaired) electrons. The van der Waals surface area contributed by atoms with Gasteiger partial charge in [-0.1, -0.05) is 0 Å². The van der Waals surface area contributed by atoms with Gasteiger partial charge in [-0.2, -0.15) is 10.5 Å². The van der Waals surface area contributed by atoms with Crippen molar-refractivity contribution in [2.75, 3.05) is 18.0 Å². The van der Waals surface area contributed by atoms with E-state index in [-0.39, 0.29) is 5.92 Å². The number of anilines is 1. The summed E-state index contributed by atoms with van der Waals surface area (Å²) in [4.78, 5) is 10.4. The molecule has 1 aromatic rings. The normalized spacial score (nSPS) is 11.4. The molecule has 0 saturated heterocycles. The van der Waals surface area contributed by atoms with Crippen LogP contribution >= 0.6 is 0 Å². The van der Waals surface area contributed by atoms with E-state index >= 15 is 0 Å². The minimum atomic E-state index is -0.0930. The summed E-state index contributed by atoms with van der Waals surface area (Å²) in [7, 11) is 0. The third-order valence-corrected chi connectivity index (χ3v) is 2.34. The van der Waals surface area contributed by atoms with Gasteiger partial charge < -0.3 is 4.90 Å². The number of rotatable bonds is 4. The Morgan fingerprint density at radius 1 is 1.41 bits per heavy atom. The van der Waals surface area contributed by atoms with E-state index in [0.29, 0.717) is 24.7 Å². The maximum absolute atomic E-state index is 8.86. The first-order chi connectivity index (χ1) is 8.10. The number of aromatic nitrogens is 2. The van der Waals surface area contributed by atoms with Crippen molar-refractivity contribution in [3.8, 4) is 12.1 Å². The summed E-state index contributed by atoms with van der Waals surface area (Å²) in [5, 5.41) is 17.7. The van der Waals surface area contributed by atoms with E-state index in [0.717, 1.165) is 5.69 Å². The molecule has 1 rings (SSSR count). The second-order valence-corrected chi connectivity index (χ2v) is 3.88. The van der Waals surface area contributed by atoms with Crippen molar-refractivity contribution in [3.05, 3.63) is 17.5 Å². The predicted octanol–water partition coefficient (Wildman–Crippen LogP) is 1.64. The SMILES string of the molecule is CCN(CC(C)C#N)c1nc(C)cc(C#N)n1. The highest BCUT2D eigenvalue weighted by Crippen LogP contribution is 2.11. The molecule has 1 heterocycles. The summed E-state index contributed by atoms with van der Waals surface area (Å²) >= 11 is 0. The highest BCUT2D eigenvalue weighted by molar-refractivity contribution is 5.36. The predicted molar refractivity (Wildman–Crippen MR) is 64.1 cm³/mol. The zero-order chi connectivity index (χ0) is 12.8. The standard InChI is InChI=1S/C12H15N5/c1-4-17(8-9(2)6-13)12-15-10(3)5-11(7-14)16-12/h5,9H,4,8H2,1-3H3. The fourth-order valence-electron chi connectivity index (χ4n) is 1.48.